The number of fused-ring (bicyclic) bond motifs is 1. The van der Waals surface area contributed by atoms with Gasteiger partial charge in [0.1, 0.15) is 19.8 Å². The van der Waals surface area contributed by atoms with Gasteiger partial charge in [0.15, 0.2) is 50.4 Å². The van der Waals surface area contributed by atoms with Gasteiger partial charge in [-0.1, -0.05) is 103 Å². The lowest BCUT2D eigenvalue weighted by molar-refractivity contribution is 0.255. The zero-order valence-corrected chi connectivity index (χ0v) is 29.9. The number of aromatic nitrogens is 4. The van der Waals surface area contributed by atoms with E-state index in [2.05, 4.69) is 21.2 Å². The van der Waals surface area contributed by atoms with Crippen LogP contribution in [0.25, 0.3) is 11.2 Å². The third-order valence-corrected chi connectivity index (χ3v) is 8.95. The van der Waals surface area contributed by atoms with E-state index in [1.54, 1.807) is 17.0 Å². The summed E-state index contributed by atoms with van der Waals surface area (Å²) in [6, 6.07) is 40.8. The predicted molar refractivity (Wildman–Crippen MR) is 202 cm³/mol. The lowest BCUT2D eigenvalue weighted by Crippen LogP contribution is -2.39. The van der Waals surface area contributed by atoms with Gasteiger partial charge in [-0.15, -0.1) is 0 Å². The Labute approximate surface area is 308 Å². The third-order valence-electron chi connectivity index (χ3n) is 8.60. The van der Waals surface area contributed by atoms with Gasteiger partial charge in [0.05, 0.1) is 12.9 Å². The monoisotopic (exact) mass is 758 g/mol. The number of imidazole rings is 1. The summed E-state index contributed by atoms with van der Waals surface area (Å²) in [6.45, 7) is 1.51. The number of rotatable bonds is 14. The van der Waals surface area contributed by atoms with E-state index in [0.29, 0.717) is 54.9 Å². The van der Waals surface area contributed by atoms with Gasteiger partial charge < -0.3 is 22.6 Å². The molecule has 0 fully saturated rings. The number of nitrogens with zero attached hydrogens (tertiary/aromatic N) is 4. The van der Waals surface area contributed by atoms with Crippen molar-refractivity contribution in [2.24, 2.45) is 7.05 Å². The molecule has 0 saturated carbocycles. The van der Waals surface area contributed by atoms with Gasteiger partial charge >= 0.3 is 5.69 Å². The van der Waals surface area contributed by atoms with Gasteiger partial charge in [0, 0.05) is 13.6 Å². The number of hydrogen-bond donors (Lipinski definition) is 0. The summed E-state index contributed by atoms with van der Waals surface area (Å²) in [5.74, 6) is 2.17. The van der Waals surface area contributed by atoms with E-state index in [-0.39, 0.29) is 12.2 Å². The molecule has 52 heavy (non-hydrogen) atoms. The van der Waals surface area contributed by atoms with Gasteiger partial charge in [-0.2, -0.15) is 0 Å². The minimum absolute atomic E-state index is 0.149. The highest BCUT2D eigenvalue weighted by molar-refractivity contribution is 9.06. The van der Waals surface area contributed by atoms with E-state index in [9.17, 15) is 9.59 Å². The molecule has 0 N–H and O–H groups in total. The molecule has 0 saturated heterocycles. The van der Waals surface area contributed by atoms with Crippen LogP contribution in [0.5, 0.6) is 23.0 Å². The van der Waals surface area contributed by atoms with Gasteiger partial charge in [0.25, 0.3) is 5.56 Å². The Bertz CT molecular complexity index is 2410. The minimum atomic E-state index is -0.477. The van der Waals surface area contributed by atoms with Crippen molar-refractivity contribution in [1.82, 2.24) is 18.7 Å². The Balaban J connectivity index is 1.18. The fourth-order valence-electron chi connectivity index (χ4n) is 5.86. The van der Waals surface area contributed by atoms with Crippen molar-refractivity contribution in [3.63, 3.8) is 0 Å². The van der Waals surface area contributed by atoms with Crippen LogP contribution in [-0.4, -0.2) is 18.7 Å². The largest absolute Gasteiger partial charge is 0.485 e. The van der Waals surface area contributed by atoms with Crippen LogP contribution in [0.2, 0.25) is 0 Å². The molecule has 0 amide bonds. The fourth-order valence-corrected chi connectivity index (χ4v) is 6.13. The summed E-state index contributed by atoms with van der Waals surface area (Å²) in [7, 11) is 1.48. The molecule has 5 aromatic carbocycles. The average molecular weight is 760 g/mol. The zero-order valence-electron chi connectivity index (χ0n) is 28.4. The number of benzene rings is 5. The molecule has 7 aromatic rings. The van der Waals surface area contributed by atoms with Crippen molar-refractivity contribution in [3.05, 3.63) is 182 Å². The van der Waals surface area contributed by atoms with Crippen LogP contribution in [0.4, 0.5) is 0 Å². The first-order chi connectivity index (χ1) is 25.5. The van der Waals surface area contributed by atoms with E-state index in [4.69, 9.17) is 18.0 Å². The molecule has 0 bridgehead atoms. The molecule has 2 heterocycles. The van der Waals surface area contributed by atoms with Gasteiger partial charge in [-0.05, 0) is 52.1 Å². The second-order valence-electron chi connectivity index (χ2n) is 12.2. The number of ether oxygens (including phenoxy) is 3. The molecule has 262 valence electrons. The predicted octanol–water partition coefficient (Wildman–Crippen LogP) is 7.42. The third kappa shape index (κ3) is 7.79. The van der Waals surface area contributed by atoms with Crippen LogP contribution in [0, 0.1) is 0 Å². The highest BCUT2D eigenvalue weighted by Crippen LogP contribution is 2.32. The quantitative estimate of drug-likeness (QED) is 0.114. The first kappa shape index (κ1) is 34.4. The molecule has 0 spiro atoms. The molecule has 0 aliphatic heterocycles. The lowest BCUT2D eigenvalue weighted by Gasteiger charge is -2.16. The summed E-state index contributed by atoms with van der Waals surface area (Å²) in [5, 5.41) is 0. The van der Waals surface area contributed by atoms with E-state index in [1.807, 2.05) is 121 Å². The van der Waals surface area contributed by atoms with Crippen LogP contribution in [0.15, 0.2) is 143 Å². The highest BCUT2D eigenvalue weighted by Gasteiger charge is 2.19. The fraction of sp³-hybridized carbons (Fsp3) is 0.146. The first-order valence-corrected chi connectivity index (χ1v) is 17.3. The molecule has 0 atom stereocenters. The normalized spacial score (nSPS) is 11.0. The molecule has 0 aliphatic carbocycles. The Hall–Kier alpha value is -6.07. The van der Waals surface area contributed by atoms with Crippen molar-refractivity contribution in [3.8, 4) is 23.0 Å². The Morgan fingerprint density at radius 1 is 0.577 bits per heavy atom. The Kier molecular flexibility index (Phi) is 10.5. The van der Waals surface area contributed by atoms with Crippen molar-refractivity contribution >= 4 is 27.4 Å². The van der Waals surface area contributed by atoms with E-state index in [1.165, 1.54) is 11.6 Å². The standard InChI is InChI=1S/C41H35BrN4O6/c1-44-40(47)38-39(43-28-45(38)23-32-18-20-35(52-42)37(21-32)51-27-31-15-9-4-10-16-31)46(41(44)48)24-33-17-19-34(49-25-29-11-5-2-6-12-29)36(22-33)50-26-30-13-7-3-8-14-30/h2-22,28H,23-27H2,1H3. The Morgan fingerprint density at radius 3 is 1.60 bits per heavy atom. The van der Waals surface area contributed by atoms with Crippen LogP contribution < -0.4 is 29.3 Å². The van der Waals surface area contributed by atoms with Crippen molar-refractivity contribution < 1.29 is 18.0 Å². The van der Waals surface area contributed by atoms with Crippen LogP contribution >= 0.6 is 16.3 Å². The summed E-state index contributed by atoms with van der Waals surface area (Å²) in [5.41, 5.74) is 4.34. The van der Waals surface area contributed by atoms with Crippen LogP contribution in [0.3, 0.4) is 0 Å². The molecule has 2 aromatic heterocycles. The summed E-state index contributed by atoms with van der Waals surface area (Å²) in [4.78, 5) is 31.7. The molecule has 0 aliphatic rings. The van der Waals surface area contributed by atoms with Gasteiger partial charge in [0.2, 0.25) is 0 Å². The summed E-state index contributed by atoms with van der Waals surface area (Å²) < 4.78 is 28.3. The van der Waals surface area contributed by atoms with Gasteiger partial charge in [-0.3, -0.25) is 13.9 Å². The van der Waals surface area contributed by atoms with Crippen molar-refractivity contribution in [2.75, 3.05) is 0 Å². The smallest absolute Gasteiger partial charge is 0.332 e. The van der Waals surface area contributed by atoms with Crippen LogP contribution in [-0.2, 0) is 40.0 Å². The minimum Gasteiger partial charge on any atom is -0.485 e. The second kappa shape index (κ2) is 15.9. The highest BCUT2D eigenvalue weighted by atomic mass is 79.9. The van der Waals surface area contributed by atoms with Crippen molar-refractivity contribution in [2.45, 2.75) is 32.9 Å². The van der Waals surface area contributed by atoms with E-state index >= 15 is 0 Å². The molecule has 11 heteroatoms. The van der Waals surface area contributed by atoms with Crippen LogP contribution in [0.1, 0.15) is 27.8 Å². The maximum absolute atomic E-state index is 13.6. The second-order valence-corrected chi connectivity index (χ2v) is 12.6. The molecule has 10 nitrogen and oxygen atoms in total. The maximum atomic E-state index is 13.6. The lowest BCUT2D eigenvalue weighted by atomic mass is 10.2. The molecular weight excluding hydrogens is 724 g/mol. The summed E-state index contributed by atoms with van der Waals surface area (Å²) in [6.07, 6.45) is 1.58. The molecule has 0 unspecified atom stereocenters. The molecule has 7 rings (SSSR count). The number of hydrogen-bond acceptors (Lipinski definition) is 7. The number of halogens is 1. The molecular formula is C41H35BrN4O6. The average Bonchev–Trinajstić information content (AvgIpc) is 3.61. The SMILES string of the molecule is Cn1c(=O)c2c(ncn2Cc2ccc(OBr)c(OCc3ccccc3)c2)n(Cc2ccc(OCc3ccccc3)c(OCc3ccccc3)c2)c1=O. The maximum Gasteiger partial charge on any atom is 0.332 e. The first-order valence-electron chi connectivity index (χ1n) is 16.7. The molecule has 0 radical (unpaired) electrons. The topological polar surface area (TPSA) is 98.7 Å². The van der Waals surface area contributed by atoms with E-state index in [0.717, 1.165) is 32.4 Å². The summed E-state index contributed by atoms with van der Waals surface area (Å²) >= 11 is 3.07. The van der Waals surface area contributed by atoms with Gasteiger partial charge in [-0.25, -0.2) is 9.78 Å². The van der Waals surface area contributed by atoms with Crippen molar-refractivity contribution in [1.29, 1.82) is 0 Å². The zero-order chi connectivity index (χ0) is 35.9. The Morgan fingerprint density at radius 2 is 1.06 bits per heavy atom. The van der Waals surface area contributed by atoms with E-state index < -0.39 is 11.2 Å².